The summed E-state index contributed by atoms with van der Waals surface area (Å²) in [7, 11) is 0. The lowest BCUT2D eigenvalue weighted by molar-refractivity contribution is 0.0945. The van der Waals surface area contributed by atoms with E-state index in [-0.39, 0.29) is 5.91 Å². The fourth-order valence-electron chi connectivity index (χ4n) is 2.04. The lowest BCUT2D eigenvalue weighted by Gasteiger charge is -2.07. The van der Waals surface area contributed by atoms with E-state index in [0.29, 0.717) is 24.6 Å². The third kappa shape index (κ3) is 4.33. The standard InChI is InChI=1S/C17H16N6O/c24-17(21-11-14-5-1-2-7-19-14)15-8-16(23-12-22-15)20-10-13-4-3-6-18-9-13/h1-9,12H,10-11H2,(H,21,24)(H,20,22,23). The second-order valence-corrected chi connectivity index (χ2v) is 5.01. The number of hydrogen-bond donors (Lipinski definition) is 2. The molecular weight excluding hydrogens is 304 g/mol. The Bertz CT molecular complexity index is 794. The van der Waals surface area contributed by atoms with Crippen LogP contribution in [0.15, 0.2) is 61.3 Å². The van der Waals surface area contributed by atoms with Crippen molar-refractivity contribution in [2.45, 2.75) is 13.1 Å². The Morgan fingerprint density at radius 1 is 1.00 bits per heavy atom. The Morgan fingerprint density at radius 3 is 2.75 bits per heavy atom. The number of pyridine rings is 2. The van der Waals surface area contributed by atoms with Crippen LogP contribution in [0.1, 0.15) is 21.7 Å². The Morgan fingerprint density at radius 2 is 1.96 bits per heavy atom. The lowest BCUT2D eigenvalue weighted by Crippen LogP contribution is -2.24. The first-order chi connectivity index (χ1) is 11.8. The van der Waals surface area contributed by atoms with Gasteiger partial charge in [-0.25, -0.2) is 9.97 Å². The van der Waals surface area contributed by atoms with Gasteiger partial charge in [-0.1, -0.05) is 12.1 Å². The minimum absolute atomic E-state index is 0.271. The predicted octanol–water partition coefficient (Wildman–Crippen LogP) is 1.81. The number of nitrogens with one attached hydrogen (secondary N) is 2. The van der Waals surface area contributed by atoms with Crippen molar-refractivity contribution >= 4 is 11.7 Å². The maximum atomic E-state index is 12.2. The van der Waals surface area contributed by atoms with Gasteiger partial charge in [0.05, 0.1) is 12.2 Å². The molecule has 0 aliphatic heterocycles. The fraction of sp³-hybridized carbons (Fsp3) is 0.118. The molecule has 0 atom stereocenters. The number of rotatable bonds is 6. The highest BCUT2D eigenvalue weighted by molar-refractivity contribution is 5.92. The molecule has 0 unspecified atom stereocenters. The maximum absolute atomic E-state index is 12.2. The number of amides is 1. The van der Waals surface area contributed by atoms with Gasteiger partial charge in [0.15, 0.2) is 0 Å². The molecule has 0 radical (unpaired) electrons. The first kappa shape index (κ1) is 15.5. The molecule has 0 spiro atoms. The first-order valence-electron chi connectivity index (χ1n) is 7.44. The van der Waals surface area contributed by atoms with Crippen LogP contribution in [0.4, 0.5) is 5.82 Å². The van der Waals surface area contributed by atoms with Crippen LogP contribution in [-0.2, 0) is 13.1 Å². The van der Waals surface area contributed by atoms with Crippen molar-refractivity contribution in [1.82, 2.24) is 25.3 Å². The Kier molecular flexibility index (Phi) is 5.03. The summed E-state index contributed by atoms with van der Waals surface area (Å²) in [5.74, 6) is 0.310. The third-order valence-electron chi connectivity index (χ3n) is 3.25. The molecule has 7 heteroatoms. The molecule has 0 aliphatic rings. The molecule has 3 heterocycles. The molecule has 3 aromatic rings. The van der Waals surface area contributed by atoms with Crippen molar-refractivity contribution in [2.75, 3.05) is 5.32 Å². The molecule has 24 heavy (non-hydrogen) atoms. The van der Waals surface area contributed by atoms with E-state index in [1.807, 2.05) is 30.3 Å². The fourth-order valence-corrected chi connectivity index (χ4v) is 2.04. The Labute approximate surface area is 139 Å². The lowest BCUT2D eigenvalue weighted by atomic mass is 10.3. The molecule has 1 amide bonds. The van der Waals surface area contributed by atoms with E-state index in [0.717, 1.165) is 11.3 Å². The van der Waals surface area contributed by atoms with Gasteiger partial charge in [-0.05, 0) is 23.8 Å². The molecule has 0 bridgehead atoms. The normalized spacial score (nSPS) is 10.2. The van der Waals surface area contributed by atoms with Crippen LogP contribution >= 0.6 is 0 Å². The third-order valence-corrected chi connectivity index (χ3v) is 3.25. The second kappa shape index (κ2) is 7.77. The topological polar surface area (TPSA) is 92.7 Å². The highest BCUT2D eigenvalue weighted by Crippen LogP contribution is 2.07. The summed E-state index contributed by atoms with van der Waals surface area (Å²) < 4.78 is 0. The molecule has 3 rings (SSSR count). The van der Waals surface area contributed by atoms with Gasteiger partial charge in [0, 0.05) is 31.2 Å². The van der Waals surface area contributed by atoms with Gasteiger partial charge in [0.25, 0.3) is 5.91 Å². The molecule has 0 saturated heterocycles. The zero-order valence-corrected chi connectivity index (χ0v) is 12.9. The summed E-state index contributed by atoms with van der Waals surface area (Å²) >= 11 is 0. The van der Waals surface area contributed by atoms with E-state index in [1.165, 1.54) is 6.33 Å². The van der Waals surface area contributed by atoms with Crippen molar-refractivity contribution in [3.05, 3.63) is 78.3 Å². The van der Waals surface area contributed by atoms with E-state index in [1.54, 1.807) is 24.7 Å². The number of aromatic nitrogens is 4. The van der Waals surface area contributed by atoms with E-state index < -0.39 is 0 Å². The van der Waals surface area contributed by atoms with Gasteiger partial charge in [0.1, 0.15) is 17.8 Å². The minimum Gasteiger partial charge on any atom is -0.366 e. The zero-order valence-electron chi connectivity index (χ0n) is 12.9. The van der Waals surface area contributed by atoms with Crippen LogP contribution < -0.4 is 10.6 Å². The minimum atomic E-state index is -0.271. The van der Waals surface area contributed by atoms with Gasteiger partial charge in [0.2, 0.25) is 0 Å². The SMILES string of the molecule is O=C(NCc1ccccn1)c1cc(NCc2cccnc2)ncn1. The highest BCUT2D eigenvalue weighted by atomic mass is 16.1. The van der Waals surface area contributed by atoms with Crippen molar-refractivity contribution < 1.29 is 4.79 Å². The van der Waals surface area contributed by atoms with Crippen LogP contribution in [-0.4, -0.2) is 25.8 Å². The molecule has 0 aromatic carbocycles. The van der Waals surface area contributed by atoms with E-state index >= 15 is 0 Å². The number of nitrogens with zero attached hydrogens (tertiary/aromatic N) is 4. The van der Waals surface area contributed by atoms with Gasteiger partial charge < -0.3 is 10.6 Å². The molecular formula is C17H16N6O. The maximum Gasteiger partial charge on any atom is 0.270 e. The smallest absolute Gasteiger partial charge is 0.270 e. The van der Waals surface area contributed by atoms with Gasteiger partial charge in [-0.3, -0.25) is 14.8 Å². The molecule has 0 fully saturated rings. The summed E-state index contributed by atoms with van der Waals surface area (Å²) in [6.45, 7) is 0.919. The van der Waals surface area contributed by atoms with Gasteiger partial charge in [-0.2, -0.15) is 0 Å². The molecule has 0 saturated carbocycles. The van der Waals surface area contributed by atoms with Crippen molar-refractivity contribution in [2.24, 2.45) is 0 Å². The highest BCUT2D eigenvalue weighted by Gasteiger charge is 2.08. The molecule has 0 aliphatic carbocycles. The molecule has 120 valence electrons. The van der Waals surface area contributed by atoms with E-state index in [4.69, 9.17) is 0 Å². The van der Waals surface area contributed by atoms with Gasteiger partial charge >= 0.3 is 0 Å². The number of anilines is 1. The van der Waals surface area contributed by atoms with Crippen molar-refractivity contribution in [3.8, 4) is 0 Å². The van der Waals surface area contributed by atoms with Crippen LogP contribution in [0, 0.1) is 0 Å². The summed E-state index contributed by atoms with van der Waals surface area (Å²) in [4.78, 5) is 28.5. The quantitative estimate of drug-likeness (QED) is 0.719. The predicted molar refractivity (Wildman–Crippen MR) is 89.0 cm³/mol. The average Bonchev–Trinajstić information content (AvgIpc) is 2.66. The largest absolute Gasteiger partial charge is 0.366 e. The second-order valence-electron chi connectivity index (χ2n) is 5.01. The van der Waals surface area contributed by atoms with Crippen molar-refractivity contribution in [1.29, 1.82) is 0 Å². The first-order valence-corrected chi connectivity index (χ1v) is 7.44. The molecule has 3 aromatic heterocycles. The number of carbonyl (C=O) groups excluding carboxylic acids is 1. The van der Waals surface area contributed by atoms with Crippen LogP contribution in [0.3, 0.4) is 0 Å². The molecule has 7 nitrogen and oxygen atoms in total. The number of hydrogen-bond acceptors (Lipinski definition) is 6. The molecule has 2 N–H and O–H groups in total. The Balaban J connectivity index is 1.59. The number of carbonyl (C=O) groups is 1. The van der Waals surface area contributed by atoms with Crippen molar-refractivity contribution in [3.63, 3.8) is 0 Å². The zero-order chi connectivity index (χ0) is 16.6. The van der Waals surface area contributed by atoms with E-state index in [9.17, 15) is 4.79 Å². The van der Waals surface area contributed by atoms with E-state index in [2.05, 4.69) is 30.6 Å². The van der Waals surface area contributed by atoms with Crippen LogP contribution in [0.2, 0.25) is 0 Å². The summed E-state index contributed by atoms with van der Waals surface area (Å²) in [6, 6.07) is 11.0. The summed E-state index contributed by atoms with van der Waals surface area (Å²) in [6.07, 6.45) is 6.54. The monoisotopic (exact) mass is 320 g/mol. The van der Waals surface area contributed by atoms with Crippen LogP contribution in [0.5, 0.6) is 0 Å². The summed E-state index contributed by atoms with van der Waals surface area (Å²) in [5, 5.41) is 5.93. The van der Waals surface area contributed by atoms with Crippen LogP contribution in [0.25, 0.3) is 0 Å². The summed E-state index contributed by atoms with van der Waals surface area (Å²) in [5.41, 5.74) is 2.11. The van der Waals surface area contributed by atoms with Gasteiger partial charge in [-0.15, -0.1) is 0 Å². The Hall–Kier alpha value is -3.35. The average molecular weight is 320 g/mol.